The number of carbonyl (C=O) groups excluding carboxylic acids is 1. The molecule has 1 heterocycles. The van der Waals surface area contributed by atoms with E-state index in [-0.39, 0.29) is 12.5 Å². The van der Waals surface area contributed by atoms with Crippen molar-refractivity contribution in [1.82, 2.24) is 9.78 Å². The number of hydrogen-bond acceptors (Lipinski definition) is 4. The van der Waals surface area contributed by atoms with Crippen LogP contribution in [0.2, 0.25) is 0 Å². The van der Waals surface area contributed by atoms with Crippen LogP contribution in [0.25, 0.3) is 0 Å². The third kappa shape index (κ3) is 4.29. The van der Waals surface area contributed by atoms with Crippen molar-refractivity contribution in [2.75, 3.05) is 13.2 Å². The van der Waals surface area contributed by atoms with Gasteiger partial charge < -0.3 is 9.84 Å². The van der Waals surface area contributed by atoms with Gasteiger partial charge in [-0.2, -0.15) is 5.10 Å². The van der Waals surface area contributed by atoms with Crippen molar-refractivity contribution in [3.8, 4) is 0 Å². The van der Waals surface area contributed by atoms with E-state index in [0.29, 0.717) is 27.9 Å². The molecule has 0 radical (unpaired) electrons. The van der Waals surface area contributed by atoms with E-state index in [9.17, 15) is 9.90 Å². The Morgan fingerprint density at radius 2 is 2.16 bits per heavy atom. The van der Waals surface area contributed by atoms with Gasteiger partial charge in [0.2, 0.25) is 0 Å². The fourth-order valence-electron chi connectivity index (χ4n) is 1.80. The standard InChI is InChI=1S/C12H18Br2N2O3/c1-3-5-8(7-17)6-16-11(14)9(10(13)15-16)12(18)19-4-2/h8,17H,3-7H2,1-2H3. The van der Waals surface area contributed by atoms with Gasteiger partial charge in [0.25, 0.3) is 0 Å². The highest BCUT2D eigenvalue weighted by atomic mass is 79.9. The largest absolute Gasteiger partial charge is 0.462 e. The monoisotopic (exact) mass is 396 g/mol. The molecule has 1 aromatic rings. The van der Waals surface area contributed by atoms with Gasteiger partial charge in [-0.25, -0.2) is 4.79 Å². The van der Waals surface area contributed by atoms with Gasteiger partial charge in [0.15, 0.2) is 0 Å². The van der Waals surface area contributed by atoms with E-state index in [1.807, 2.05) is 0 Å². The van der Waals surface area contributed by atoms with E-state index in [2.05, 4.69) is 43.9 Å². The highest BCUT2D eigenvalue weighted by molar-refractivity contribution is 9.11. The zero-order valence-electron chi connectivity index (χ0n) is 11.0. The molecule has 0 aliphatic rings. The molecule has 108 valence electrons. The van der Waals surface area contributed by atoms with Gasteiger partial charge in [0.05, 0.1) is 6.61 Å². The van der Waals surface area contributed by atoms with Crippen LogP contribution in [-0.4, -0.2) is 34.1 Å². The van der Waals surface area contributed by atoms with Crippen molar-refractivity contribution in [2.24, 2.45) is 5.92 Å². The summed E-state index contributed by atoms with van der Waals surface area (Å²) >= 11 is 6.63. The number of halogens is 2. The Morgan fingerprint density at radius 3 is 2.68 bits per heavy atom. The zero-order chi connectivity index (χ0) is 14.4. The zero-order valence-corrected chi connectivity index (χ0v) is 14.2. The van der Waals surface area contributed by atoms with Crippen molar-refractivity contribution in [3.05, 3.63) is 14.8 Å². The molecule has 0 bridgehead atoms. The van der Waals surface area contributed by atoms with Crippen molar-refractivity contribution in [2.45, 2.75) is 33.2 Å². The molecule has 0 amide bonds. The van der Waals surface area contributed by atoms with Gasteiger partial charge in [0, 0.05) is 19.1 Å². The second-order valence-electron chi connectivity index (χ2n) is 4.20. The smallest absolute Gasteiger partial charge is 0.343 e. The summed E-state index contributed by atoms with van der Waals surface area (Å²) in [7, 11) is 0. The van der Waals surface area contributed by atoms with Crippen LogP contribution in [0.15, 0.2) is 9.21 Å². The first-order valence-electron chi connectivity index (χ1n) is 6.24. The highest BCUT2D eigenvalue weighted by Crippen LogP contribution is 2.27. The van der Waals surface area contributed by atoms with Crippen LogP contribution >= 0.6 is 31.9 Å². The van der Waals surface area contributed by atoms with Crippen LogP contribution in [-0.2, 0) is 11.3 Å². The minimum absolute atomic E-state index is 0.104. The van der Waals surface area contributed by atoms with Crippen molar-refractivity contribution < 1.29 is 14.6 Å². The summed E-state index contributed by atoms with van der Waals surface area (Å²) in [6.45, 7) is 4.81. The molecule has 19 heavy (non-hydrogen) atoms. The molecule has 0 saturated heterocycles. The summed E-state index contributed by atoms with van der Waals surface area (Å²) in [5.41, 5.74) is 0.384. The fraction of sp³-hybridized carbons (Fsp3) is 0.667. The van der Waals surface area contributed by atoms with Crippen molar-refractivity contribution in [3.63, 3.8) is 0 Å². The summed E-state index contributed by atoms with van der Waals surface area (Å²) in [5.74, 6) is -0.285. The molecule has 0 aliphatic heterocycles. The maximum absolute atomic E-state index is 11.8. The lowest BCUT2D eigenvalue weighted by atomic mass is 10.1. The number of esters is 1. The van der Waals surface area contributed by atoms with Crippen LogP contribution < -0.4 is 0 Å². The van der Waals surface area contributed by atoms with Crippen molar-refractivity contribution >= 4 is 37.8 Å². The van der Waals surface area contributed by atoms with Gasteiger partial charge in [0.1, 0.15) is 14.8 Å². The van der Waals surface area contributed by atoms with E-state index in [4.69, 9.17) is 4.74 Å². The Hall–Kier alpha value is -0.400. The molecule has 1 rings (SSSR count). The van der Waals surface area contributed by atoms with E-state index in [1.54, 1.807) is 11.6 Å². The Balaban J connectivity index is 2.92. The molecule has 0 saturated carbocycles. The SMILES string of the molecule is CCCC(CO)Cn1nc(Br)c(C(=O)OCC)c1Br. The number of hydrogen-bond donors (Lipinski definition) is 1. The Labute approximate surface area is 129 Å². The van der Waals surface area contributed by atoms with E-state index in [0.717, 1.165) is 12.8 Å². The second-order valence-corrected chi connectivity index (χ2v) is 5.70. The predicted octanol–water partition coefficient (Wildman–Crippen LogP) is 2.99. The molecule has 0 fully saturated rings. The third-order valence-electron chi connectivity index (χ3n) is 2.71. The number of aromatic nitrogens is 2. The average Bonchev–Trinajstić information content (AvgIpc) is 2.64. The van der Waals surface area contributed by atoms with E-state index >= 15 is 0 Å². The van der Waals surface area contributed by atoms with Gasteiger partial charge >= 0.3 is 5.97 Å². The Kier molecular flexibility index (Phi) is 7.02. The van der Waals surface area contributed by atoms with Crippen LogP contribution in [0.3, 0.4) is 0 Å². The topological polar surface area (TPSA) is 64.3 Å². The predicted molar refractivity (Wildman–Crippen MR) is 79.1 cm³/mol. The molecular weight excluding hydrogens is 380 g/mol. The Morgan fingerprint density at radius 1 is 1.47 bits per heavy atom. The minimum Gasteiger partial charge on any atom is -0.462 e. The number of ether oxygens (including phenoxy) is 1. The summed E-state index contributed by atoms with van der Waals surface area (Å²) in [6.07, 6.45) is 1.91. The molecule has 1 aromatic heterocycles. The minimum atomic E-state index is -0.413. The maximum atomic E-state index is 11.8. The average molecular weight is 398 g/mol. The maximum Gasteiger partial charge on any atom is 0.343 e. The van der Waals surface area contributed by atoms with Gasteiger partial charge in [-0.3, -0.25) is 4.68 Å². The van der Waals surface area contributed by atoms with Gasteiger partial charge in [-0.05, 0) is 45.2 Å². The van der Waals surface area contributed by atoms with Crippen molar-refractivity contribution in [1.29, 1.82) is 0 Å². The lowest BCUT2D eigenvalue weighted by molar-refractivity contribution is 0.0524. The van der Waals surface area contributed by atoms with Crippen LogP contribution in [0.1, 0.15) is 37.0 Å². The normalized spacial score (nSPS) is 12.5. The molecule has 1 N–H and O–H groups in total. The van der Waals surface area contributed by atoms with Gasteiger partial charge in [-0.15, -0.1) is 0 Å². The van der Waals surface area contributed by atoms with Crippen LogP contribution in [0, 0.1) is 5.92 Å². The number of aliphatic hydroxyl groups excluding tert-OH is 1. The first-order valence-corrected chi connectivity index (χ1v) is 7.83. The summed E-state index contributed by atoms with van der Waals surface area (Å²) in [4.78, 5) is 11.8. The molecule has 0 aliphatic carbocycles. The number of rotatable bonds is 7. The molecule has 1 unspecified atom stereocenters. The van der Waals surface area contributed by atoms with Gasteiger partial charge in [-0.1, -0.05) is 13.3 Å². The first-order chi connectivity index (χ1) is 9.04. The van der Waals surface area contributed by atoms with E-state index in [1.165, 1.54) is 0 Å². The van der Waals surface area contributed by atoms with Crippen LogP contribution in [0.4, 0.5) is 0 Å². The third-order valence-corrected chi connectivity index (χ3v) is 4.07. The molecule has 0 aromatic carbocycles. The molecule has 1 atom stereocenters. The molecule has 7 heteroatoms. The number of nitrogens with zero attached hydrogens (tertiary/aromatic N) is 2. The molecule has 0 spiro atoms. The molecule has 5 nitrogen and oxygen atoms in total. The summed E-state index contributed by atoms with van der Waals surface area (Å²) < 4.78 is 7.68. The lowest BCUT2D eigenvalue weighted by Crippen LogP contribution is -2.16. The second kappa shape index (κ2) is 8.01. The highest BCUT2D eigenvalue weighted by Gasteiger charge is 2.23. The first kappa shape index (κ1) is 16.7. The summed E-state index contributed by atoms with van der Waals surface area (Å²) in [6, 6.07) is 0. The lowest BCUT2D eigenvalue weighted by Gasteiger charge is -2.13. The van der Waals surface area contributed by atoms with Crippen LogP contribution in [0.5, 0.6) is 0 Å². The van der Waals surface area contributed by atoms with E-state index < -0.39 is 5.97 Å². The fourth-order valence-corrected chi connectivity index (χ4v) is 3.18. The Bertz CT molecular complexity index is 435. The number of carbonyl (C=O) groups is 1. The quantitative estimate of drug-likeness (QED) is 0.718. The molecular formula is C12H18Br2N2O3. The number of aliphatic hydroxyl groups is 1. The summed E-state index contributed by atoms with van der Waals surface area (Å²) in [5, 5.41) is 13.6.